The van der Waals surface area contributed by atoms with E-state index in [0.29, 0.717) is 12.2 Å². The molecule has 0 fully saturated rings. The maximum Gasteiger partial charge on any atom is 0.308 e. The number of hydrogen-bond donors (Lipinski definition) is 2. The number of carbonyl (C=O) groups is 1. The first kappa shape index (κ1) is 23.0. The third kappa shape index (κ3) is 4.80. The van der Waals surface area contributed by atoms with E-state index < -0.39 is 15.9 Å². The van der Waals surface area contributed by atoms with Crippen LogP contribution in [0.2, 0.25) is 5.02 Å². The summed E-state index contributed by atoms with van der Waals surface area (Å²) in [4.78, 5) is 25.0. The van der Waals surface area contributed by atoms with Gasteiger partial charge in [0.2, 0.25) is 0 Å². The predicted octanol–water partition coefficient (Wildman–Crippen LogP) is 5.10. The monoisotopic (exact) mass is 501 g/mol. The van der Waals surface area contributed by atoms with Crippen molar-refractivity contribution in [2.75, 3.05) is 10.0 Å². The molecule has 4 rings (SSSR count). The average molecular weight is 502 g/mol. The highest BCUT2D eigenvalue weighted by atomic mass is 35.5. The summed E-state index contributed by atoms with van der Waals surface area (Å²) in [6.45, 7) is 4.32. The lowest BCUT2D eigenvalue weighted by Gasteiger charge is -2.12. The number of anilines is 2. The molecule has 0 atom stereocenters. The van der Waals surface area contributed by atoms with Crippen LogP contribution >= 0.6 is 22.9 Å². The molecule has 0 saturated heterocycles. The van der Waals surface area contributed by atoms with Crippen LogP contribution in [0.4, 0.5) is 11.4 Å². The van der Waals surface area contributed by atoms with Crippen molar-refractivity contribution in [3.63, 3.8) is 0 Å². The van der Waals surface area contributed by atoms with E-state index in [2.05, 4.69) is 10.0 Å². The second-order valence-corrected chi connectivity index (χ2v) is 10.4. The quantitative estimate of drug-likeness (QED) is 0.384. The molecule has 33 heavy (non-hydrogen) atoms. The lowest BCUT2D eigenvalue weighted by molar-refractivity contribution is 0.102. The molecule has 0 unspecified atom stereocenters. The highest BCUT2D eigenvalue weighted by molar-refractivity contribution is 7.92. The average Bonchev–Trinajstić information content (AvgIpc) is 3.09. The van der Waals surface area contributed by atoms with Gasteiger partial charge < -0.3 is 5.32 Å². The van der Waals surface area contributed by atoms with Gasteiger partial charge in [0.1, 0.15) is 0 Å². The number of hydrogen-bond acceptors (Lipinski definition) is 5. The zero-order chi connectivity index (χ0) is 23.8. The fraction of sp³-hybridized carbons (Fsp3) is 0.130. The third-order valence-corrected chi connectivity index (χ3v) is 7.71. The van der Waals surface area contributed by atoms with Crippen molar-refractivity contribution < 1.29 is 13.2 Å². The van der Waals surface area contributed by atoms with Gasteiger partial charge in [-0.15, -0.1) is 0 Å². The Morgan fingerprint density at radius 2 is 1.73 bits per heavy atom. The van der Waals surface area contributed by atoms with Crippen molar-refractivity contribution >= 4 is 60.5 Å². The Labute approximate surface area is 199 Å². The Morgan fingerprint density at radius 1 is 1.03 bits per heavy atom. The van der Waals surface area contributed by atoms with Gasteiger partial charge in [0.25, 0.3) is 15.9 Å². The van der Waals surface area contributed by atoms with Crippen LogP contribution in [0.15, 0.2) is 70.4 Å². The smallest absolute Gasteiger partial charge is 0.308 e. The van der Waals surface area contributed by atoms with E-state index in [1.807, 2.05) is 13.8 Å². The standard InChI is InChI=1S/C23H20ClN3O4S2/c1-3-27-20-11-7-15(13-21(20)32-23(27)29)25-22(28)18-12-16(6-10-19(18)24)26-33(30,31)17-8-4-14(2)5-9-17/h4-13,26H,3H2,1-2H3,(H,25,28). The minimum atomic E-state index is -3.83. The fourth-order valence-electron chi connectivity index (χ4n) is 3.34. The molecule has 170 valence electrons. The summed E-state index contributed by atoms with van der Waals surface area (Å²) < 4.78 is 30.2. The number of thiazole rings is 1. The van der Waals surface area contributed by atoms with Crippen molar-refractivity contribution in [1.29, 1.82) is 0 Å². The van der Waals surface area contributed by atoms with Gasteiger partial charge >= 0.3 is 4.87 Å². The number of aryl methyl sites for hydroxylation is 2. The second-order valence-electron chi connectivity index (χ2n) is 7.36. The molecule has 3 aromatic carbocycles. The van der Waals surface area contributed by atoms with E-state index in [1.165, 1.54) is 30.3 Å². The van der Waals surface area contributed by atoms with Gasteiger partial charge in [-0.25, -0.2) is 8.42 Å². The summed E-state index contributed by atoms with van der Waals surface area (Å²) in [5.41, 5.74) is 2.56. The van der Waals surface area contributed by atoms with Gasteiger partial charge in [-0.2, -0.15) is 0 Å². The van der Waals surface area contributed by atoms with E-state index >= 15 is 0 Å². The van der Waals surface area contributed by atoms with Gasteiger partial charge in [0, 0.05) is 17.9 Å². The molecule has 0 spiro atoms. The summed E-state index contributed by atoms with van der Waals surface area (Å²) in [6, 6.07) is 16.0. The zero-order valence-electron chi connectivity index (χ0n) is 17.8. The van der Waals surface area contributed by atoms with Crippen molar-refractivity contribution in [2.24, 2.45) is 0 Å². The molecular formula is C23H20ClN3O4S2. The van der Waals surface area contributed by atoms with Crippen LogP contribution in [0.1, 0.15) is 22.8 Å². The summed E-state index contributed by atoms with van der Waals surface area (Å²) in [5, 5.41) is 2.94. The molecular weight excluding hydrogens is 482 g/mol. The highest BCUT2D eigenvalue weighted by Crippen LogP contribution is 2.26. The van der Waals surface area contributed by atoms with E-state index in [-0.39, 0.29) is 26.0 Å². The molecule has 2 N–H and O–H groups in total. The Kier molecular flexibility index (Phi) is 6.29. The molecule has 0 bridgehead atoms. The molecule has 10 heteroatoms. The lowest BCUT2D eigenvalue weighted by Crippen LogP contribution is -2.15. The van der Waals surface area contributed by atoms with Crippen LogP contribution in [0, 0.1) is 6.92 Å². The molecule has 0 saturated carbocycles. The van der Waals surface area contributed by atoms with Crippen molar-refractivity contribution in [1.82, 2.24) is 4.57 Å². The van der Waals surface area contributed by atoms with Crippen molar-refractivity contribution in [3.05, 3.63) is 86.5 Å². The number of rotatable bonds is 6. The number of amides is 1. The highest BCUT2D eigenvalue weighted by Gasteiger charge is 2.17. The number of halogens is 1. The van der Waals surface area contributed by atoms with Crippen molar-refractivity contribution in [3.8, 4) is 0 Å². The summed E-state index contributed by atoms with van der Waals surface area (Å²) in [5.74, 6) is -0.502. The van der Waals surface area contributed by atoms with E-state index in [4.69, 9.17) is 11.6 Å². The first-order valence-electron chi connectivity index (χ1n) is 10.0. The van der Waals surface area contributed by atoms with E-state index in [0.717, 1.165) is 27.1 Å². The number of benzene rings is 3. The van der Waals surface area contributed by atoms with Gasteiger partial charge in [-0.1, -0.05) is 40.6 Å². The molecule has 1 heterocycles. The van der Waals surface area contributed by atoms with E-state index in [1.54, 1.807) is 34.9 Å². The Bertz CT molecular complexity index is 1520. The lowest BCUT2D eigenvalue weighted by atomic mass is 10.2. The van der Waals surface area contributed by atoms with Gasteiger partial charge in [0.05, 0.1) is 25.7 Å². The maximum absolute atomic E-state index is 12.9. The molecule has 0 aliphatic carbocycles. The fourth-order valence-corrected chi connectivity index (χ4v) is 5.58. The van der Waals surface area contributed by atoms with Crippen LogP contribution < -0.4 is 14.9 Å². The number of fused-ring (bicyclic) bond motifs is 1. The summed E-state index contributed by atoms with van der Waals surface area (Å²) in [6.07, 6.45) is 0. The first-order chi connectivity index (χ1) is 15.7. The topological polar surface area (TPSA) is 97.3 Å². The number of carbonyl (C=O) groups excluding carboxylic acids is 1. The third-order valence-electron chi connectivity index (χ3n) is 5.04. The molecule has 0 aliphatic rings. The Balaban J connectivity index is 1.58. The molecule has 1 aromatic heterocycles. The number of aromatic nitrogens is 1. The summed E-state index contributed by atoms with van der Waals surface area (Å²) >= 11 is 7.32. The molecule has 0 aliphatic heterocycles. The SMILES string of the molecule is CCn1c(=O)sc2cc(NC(=O)c3cc(NS(=O)(=O)c4ccc(C)cc4)ccc3Cl)ccc21. The number of sulfonamides is 1. The van der Waals surface area contributed by atoms with Gasteiger partial charge in [0.15, 0.2) is 0 Å². The first-order valence-corrected chi connectivity index (χ1v) is 12.7. The van der Waals surface area contributed by atoms with Crippen LogP contribution in [-0.2, 0) is 16.6 Å². The Morgan fingerprint density at radius 3 is 2.42 bits per heavy atom. The molecule has 7 nitrogen and oxygen atoms in total. The zero-order valence-corrected chi connectivity index (χ0v) is 20.1. The number of nitrogens with one attached hydrogen (secondary N) is 2. The minimum Gasteiger partial charge on any atom is -0.322 e. The number of nitrogens with zero attached hydrogens (tertiary/aromatic N) is 1. The van der Waals surface area contributed by atoms with Gasteiger partial charge in [-0.3, -0.25) is 18.9 Å². The largest absolute Gasteiger partial charge is 0.322 e. The normalized spacial score (nSPS) is 11.5. The second kappa shape index (κ2) is 9.01. The molecule has 1 amide bonds. The molecule has 4 aromatic rings. The van der Waals surface area contributed by atoms with Crippen LogP contribution in [-0.4, -0.2) is 18.9 Å². The summed E-state index contributed by atoms with van der Waals surface area (Å²) in [7, 11) is -3.83. The van der Waals surface area contributed by atoms with Crippen LogP contribution in [0.25, 0.3) is 10.2 Å². The van der Waals surface area contributed by atoms with Gasteiger partial charge in [-0.05, 0) is 62.4 Å². The van der Waals surface area contributed by atoms with Crippen LogP contribution in [0.3, 0.4) is 0 Å². The maximum atomic E-state index is 12.9. The van der Waals surface area contributed by atoms with Crippen LogP contribution in [0.5, 0.6) is 0 Å². The molecule has 0 radical (unpaired) electrons. The van der Waals surface area contributed by atoms with E-state index in [9.17, 15) is 18.0 Å². The van der Waals surface area contributed by atoms with Crippen molar-refractivity contribution in [2.45, 2.75) is 25.3 Å². The Hall–Kier alpha value is -3.14. The minimum absolute atomic E-state index is 0.0624. The predicted molar refractivity (Wildman–Crippen MR) is 133 cm³/mol.